The van der Waals surface area contributed by atoms with Gasteiger partial charge in [-0.25, -0.2) is 8.42 Å². The van der Waals surface area contributed by atoms with Crippen molar-refractivity contribution in [3.05, 3.63) is 63.3 Å². The summed E-state index contributed by atoms with van der Waals surface area (Å²) in [5, 5.41) is 0.406. The van der Waals surface area contributed by atoms with Gasteiger partial charge in [-0.05, 0) is 43.3 Å². The van der Waals surface area contributed by atoms with Crippen molar-refractivity contribution in [3.63, 3.8) is 0 Å². The highest BCUT2D eigenvalue weighted by Gasteiger charge is 2.32. The van der Waals surface area contributed by atoms with Crippen LogP contribution in [-0.4, -0.2) is 51.7 Å². The molecule has 1 atom stereocenters. The molecule has 8 nitrogen and oxygen atoms in total. The number of hydrogen-bond donors (Lipinski definition) is 1. The van der Waals surface area contributed by atoms with Gasteiger partial charge in [0.1, 0.15) is 18.1 Å². The van der Waals surface area contributed by atoms with Crippen molar-refractivity contribution in [2.75, 3.05) is 32.5 Å². The summed E-state index contributed by atoms with van der Waals surface area (Å²) < 4.78 is 76.2. The van der Waals surface area contributed by atoms with Gasteiger partial charge < -0.3 is 9.15 Å². The van der Waals surface area contributed by atoms with Crippen LogP contribution in [0.1, 0.15) is 12.0 Å². The zero-order valence-corrected chi connectivity index (χ0v) is 21.0. The Kier molecular flexibility index (Phi) is 7.54. The summed E-state index contributed by atoms with van der Waals surface area (Å²) in [5.74, 6) is -1.28. The summed E-state index contributed by atoms with van der Waals surface area (Å²) in [5.41, 5.74) is -1.11. The van der Waals surface area contributed by atoms with E-state index in [0.29, 0.717) is 13.0 Å². The number of benzene rings is 2. The van der Waals surface area contributed by atoms with Crippen LogP contribution in [0, 0.1) is 5.92 Å². The first-order valence-corrected chi connectivity index (χ1v) is 13.4. The largest absolute Gasteiger partial charge is 0.491 e. The first-order chi connectivity index (χ1) is 17.3. The van der Waals surface area contributed by atoms with E-state index >= 15 is 0 Å². The van der Waals surface area contributed by atoms with Crippen LogP contribution in [0.2, 0.25) is 5.02 Å². The van der Waals surface area contributed by atoms with Gasteiger partial charge in [0.2, 0.25) is 15.9 Å². The molecule has 0 radical (unpaired) electrons. The Balaban J connectivity index is 1.55. The lowest BCUT2D eigenvalue weighted by Gasteiger charge is -2.18. The molecule has 3 aromatic rings. The summed E-state index contributed by atoms with van der Waals surface area (Å²) in [6, 6.07) is 8.67. The average molecular weight is 559 g/mol. The predicted molar refractivity (Wildman–Crippen MR) is 131 cm³/mol. The zero-order valence-electron chi connectivity index (χ0n) is 19.5. The van der Waals surface area contributed by atoms with Crippen LogP contribution < -0.4 is 14.9 Å². The maximum absolute atomic E-state index is 13.4. The molecular formula is C24H22ClF3N2O6S. The third-order valence-corrected chi connectivity index (χ3v) is 6.74. The minimum Gasteiger partial charge on any atom is -0.491 e. The van der Waals surface area contributed by atoms with E-state index in [1.54, 1.807) is 6.07 Å². The first kappa shape index (κ1) is 27.0. The van der Waals surface area contributed by atoms with Crippen molar-refractivity contribution in [1.29, 1.82) is 0 Å². The summed E-state index contributed by atoms with van der Waals surface area (Å²) in [4.78, 5) is 26.5. The van der Waals surface area contributed by atoms with Crippen molar-refractivity contribution < 1.29 is 35.5 Å². The summed E-state index contributed by atoms with van der Waals surface area (Å²) >= 11 is 6.16. The number of carbonyl (C=O) groups excluding carboxylic acids is 1. The predicted octanol–water partition coefficient (Wildman–Crippen LogP) is 3.91. The second-order valence-electron chi connectivity index (χ2n) is 8.67. The monoisotopic (exact) mass is 558 g/mol. The maximum Gasteiger partial charge on any atom is 0.416 e. The second-order valence-corrected chi connectivity index (χ2v) is 10.8. The summed E-state index contributed by atoms with van der Waals surface area (Å²) in [6.45, 7) is 0.996. The van der Waals surface area contributed by atoms with Gasteiger partial charge in [0.15, 0.2) is 11.0 Å². The zero-order chi connectivity index (χ0) is 27.0. The highest BCUT2D eigenvalue weighted by atomic mass is 35.5. The van der Waals surface area contributed by atoms with Crippen LogP contribution in [0.25, 0.3) is 22.3 Å². The Morgan fingerprint density at radius 2 is 2.00 bits per heavy atom. The van der Waals surface area contributed by atoms with E-state index in [2.05, 4.69) is 0 Å². The molecule has 13 heteroatoms. The van der Waals surface area contributed by atoms with E-state index in [1.165, 1.54) is 24.3 Å². The molecule has 1 aliphatic heterocycles. The molecule has 0 unspecified atom stereocenters. The molecule has 2 heterocycles. The van der Waals surface area contributed by atoms with Crippen molar-refractivity contribution in [3.8, 4) is 17.1 Å². The van der Waals surface area contributed by atoms with Crippen LogP contribution in [-0.2, 0) is 21.0 Å². The minimum atomic E-state index is -4.63. The topological polar surface area (TPSA) is 106 Å². The van der Waals surface area contributed by atoms with Gasteiger partial charge in [0.25, 0.3) is 0 Å². The molecule has 37 heavy (non-hydrogen) atoms. The van der Waals surface area contributed by atoms with E-state index < -0.39 is 39.0 Å². The lowest BCUT2D eigenvalue weighted by molar-refractivity contribution is -0.137. The second kappa shape index (κ2) is 10.3. The number of nitrogens with zero attached hydrogens (tertiary/aromatic N) is 1. The van der Waals surface area contributed by atoms with Gasteiger partial charge in [-0.2, -0.15) is 13.2 Å². The summed E-state index contributed by atoms with van der Waals surface area (Å²) in [7, 11) is -3.67. The number of sulfonamides is 1. The number of alkyl halides is 3. The number of nitrogens with one attached hydrogen (secondary N) is 1. The first-order valence-electron chi connectivity index (χ1n) is 11.1. The fourth-order valence-electron chi connectivity index (χ4n) is 4.10. The number of hydrogen-bond acceptors (Lipinski definition) is 7. The highest BCUT2D eigenvalue weighted by molar-refractivity contribution is 7.89. The van der Waals surface area contributed by atoms with Crippen LogP contribution in [0.15, 0.2) is 51.7 Å². The average Bonchev–Trinajstić information content (AvgIpc) is 3.27. The molecule has 1 fully saturated rings. The van der Waals surface area contributed by atoms with E-state index in [9.17, 15) is 31.2 Å². The van der Waals surface area contributed by atoms with Crippen molar-refractivity contribution in [2.24, 2.45) is 5.92 Å². The Labute approximate surface area is 215 Å². The molecule has 1 aromatic heterocycles. The van der Waals surface area contributed by atoms with Gasteiger partial charge in [0, 0.05) is 19.2 Å². The van der Waals surface area contributed by atoms with Crippen LogP contribution in [0.3, 0.4) is 0 Å². The number of carbonyl (C=O) groups is 1. The summed E-state index contributed by atoms with van der Waals surface area (Å²) in [6.07, 6.45) is -3.30. The molecular weight excluding hydrogens is 537 g/mol. The molecule has 2 aromatic carbocycles. The smallest absolute Gasteiger partial charge is 0.416 e. The highest BCUT2D eigenvalue weighted by Crippen LogP contribution is 2.38. The Hall–Kier alpha value is -3.09. The molecule has 1 aliphatic rings. The third-order valence-electron chi connectivity index (χ3n) is 5.88. The molecule has 0 aliphatic carbocycles. The Bertz CT molecular complexity index is 1510. The number of rotatable bonds is 7. The van der Waals surface area contributed by atoms with Crippen molar-refractivity contribution in [2.45, 2.75) is 12.6 Å². The SMILES string of the molecule is CS(=O)(=O)NC(=O)[C@H]1CCN(CCOc2cc(C(F)(F)F)ccc2-c2cc(=O)c3cccc(Cl)c3o2)C1. The number of amides is 1. The van der Waals surface area contributed by atoms with Crippen LogP contribution in [0.4, 0.5) is 13.2 Å². The molecule has 1 amide bonds. The quantitative estimate of drug-likeness (QED) is 0.469. The molecule has 0 saturated carbocycles. The van der Waals surface area contributed by atoms with Gasteiger partial charge in [-0.1, -0.05) is 17.7 Å². The minimum absolute atomic E-state index is 0.00647. The fourth-order valence-corrected chi connectivity index (χ4v) is 4.84. The van der Waals surface area contributed by atoms with E-state index in [4.69, 9.17) is 20.8 Å². The fraction of sp³-hybridized carbons (Fsp3) is 0.333. The standard InChI is InChI=1S/C24H22ClF3N2O6S/c1-37(33,34)29-23(32)14-7-8-30(13-14)9-10-35-20-11-15(24(26,27)28)5-6-17(20)21-12-19(31)16-3-2-4-18(25)22(16)36-21/h2-6,11-12,14H,7-10,13H2,1H3,(H,29,32)/t14-/m0/s1. The molecule has 0 bridgehead atoms. The number of fused-ring (bicyclic) bond motifs is 1. The molecule has 4 rings (SSSR count). The number of likely N-dealkylation sites (tertiary alicyclic amines) is 1. The Morgan fingerprint density at radius 3 is 2.70 bits per heavy atom. The van der Waals surface area contributed by atoms with E-state index in [1.807, 2.05) is 9.62 Å². The van der Waals surface area contributed by atoms with Gasteiger partial charge in [-0.15, -0.1) is 0 Å². The molecule has 0 spiro atoms. The Morgan fingerprint density at radius 1 is 1.24 bits per heavy atom. The molecule has 1 N–H and O–H groups in total. The van der Waals surface area contributed by atoms with Crippen molar-refractivity contribution in [1.82, 2.24) is 9.62 Å². The van der Waals surface area contributed by atoms with Gasteiger partial charge in [-0.3, -0.25) is 19.2 Å². The van der Waals surface area contributed by atoms with Crippen LogP contribution in [0.5, 0.6) is 5.75 Å². The van der Waals surface area contributed by atoms with E-state index in [-0.39, 0.29) is 52.8 Å². The number of halogens is 4. The molecule has 1 saturated heterocycles. The van der Waals surface area contributed by atoms with Gasteiger partial charge in [0.05, 0.1) is 33.7 Å². The van der Waals surface area contributed by atoms with Crippen LogP contribution >= 0.6 is 11.6 Å². The molecule has 198 valence electrons. The lowest BCUT2D eigenvalue weighted by atomic mass is 10.1. The van der Waals surface area contributed by atoms with Gasteiger partial charge >= 0.3 is 6.18 Å². The number of para-hydroxylation sites is 1. The maximum atomic E-state index is 13.4. The normalized spacial score (nSPS) is 16.7. The van der Waals surface area contributed by atoms with Crippen molar-refractivity contribution >= 4 is 38.5 Å². The van der Waals surface area contributed by atoms with E-state index in [0.717, 1.165) is 18.4 Å². The number of ether oxygens (including phenoxy) is 1. The lowest BCUT2D eigenvalue weighted by Crippen LogP contribution is -2.36. The third kappa shape index (κ3) is 6.43.